The van der Waals surface area contributed by atoms with Gasteiger partial charge in [-0.15, -0.1) is 11.3 Å². The fraction of sp³-hybridized carbons (Fsp3) is 0.167. The molecule has 0 saturated carbocycles. The van der Waals surface area contributed by atoms with E-state index >= 15 is 0 Å². The first kappa shape index (κ1) is 12.5. The molecule has 0 radical (unpaired) electrons. The minimum Gasteiger partial charge on any atom is -0.447 e. The highest BCUT2D eigenvalue weighted by molar-refractivity contribution is 7.13. The fourth-order valence-electron chi connectivity index (χ4n) is 1.37. The maximum Gasteiger partial charge on any atom is 0.208 e. The van der Waals surface area contributed by atoms with Gasteiger partial charge in [0.2, 0.25) is 6.54 Å². The zero-order valence-corrected chi connectivity index (χ0v) is 10.2. The lowest BCUT2D eigenvalue weighted by Gasteiger charge is -2.01. The molecule has 0 unspecified atom stereocenters. The first-order valence-corrected chi connectivity index (χ1v) is 6.09. The summed E-state index contributed by atoms with van der Waals surface area (Å²) in [4.78, 5) is 10.8. The Hall–Kier alpha value is -1.95. The van der Waals surface area contributed by atoms with Gasteiger partial charge in [-0.3, -0.25) is 10.1 Å². The summed E-state index contributed by atoms with van der Waals surface area (Å²) in [5, 5.41) is 10.9. The lowest BCUT2D eigenvalue weighted by atomic mass is 10.3. The zero-order chi connectivity index (χ0) is 13.0. The molecule has 1 heterocycles. The van der Waals surface area contributed by atoms with Crippen molar-refractivity contribution in [2.75, 3.05) is 6.54 Å². The van der Waals surface area contributed by atoms with E-state index in [0.29, 0.717) is 17.2 Å². The maximum absolute atomic E-state index is 12.7. The van der Waals surface area contributed by atoms with Gasteiger partial charge in [-0.25, -0.2) is 4.39 Å². The first-order valence-electron chi connectivity index (χ1n) is 5.27. The average molecular weight is 267 g/mol. The van der Waals surface area contributed by atoms with Crippen molar-refractivity contribution in [2.24, 2.45) is 0 Å². The molecule has 0 amide bonds. The van der Waals surface area contributed by atoms with Gasteiger partial charge in [0.1, 0.15) is 11.6 Å². The summed E-state index contributed by atoms with van der Waals surface area (Å²) >= 11 is 1.35. The minimum absolute atomic E-state index is 0.0868. The van der Waals surface area contributed by atoms with Crippen LogP contribution in [-0.4, -0.2) is 11.5 Å². The van der Waals surface area contributed by atoms with E-state index in [1.807, 2.05) is 0 Å². The van der Waals surface area contributed by atoms with Gasteiger partial charge in [0.25, 0.3) is 0 Å². The average Bonchev–Trinajstić information content (AvgIpc) is 2.77. The SMILES string of the molecule is O=[N+]([O-])CCc1ccc(Oc2ccc(F)cc2)s1. The van der Waals surface area contributed by atoms with Crippen LogP contribution in [0, 0.1) is 15.9 Å². The number of nitrogens with zero attached hydrogens (tertiary/aromatic N) is 1. The smallest absolute Gasteiger partial charge is 0.208 e. The molecule has 0 bridgehead atoms. The molecule has 0 aliphatic heterocycles. The summed E-state index contributed by atoms with van der Waals surface area (Å²) in [6.45, 7) is -0.0868. The van der Waals surface area contributed by atoms with E-state index in [1.54, 1.807) is 12.1 Å². The van der Waals surface area contributed by atoms with E-state index in [-0.39, 0.29) is 17.3 Å². The molecule has 6 heteroatoms. The molecule has 1 aromatic heterocycles. The number of rotatable bonds is 5. The van der Waals surface area contributed by atoms with Crippen LogP contribution in [0.3, 0.4) is 0 Å². The van der Waals surface area contributed by atoms with Crippen molar-refractivity contribution in [2.45, 2.75) is 6.42 Å². The zero-order valence-electron chi connectivity index (χ0n) is 9.34. The summed E-state index contributed by atoms with van der Waals surface area (Å²) in [6, 6.07) is 9.25. The molecule has 2 aromatic rings. The predicted octanol–water partition coefficient (Wildman–Crippen LogP) is 3.50. The number of ether oxygens (including phenoxy) is 1. The molecular formula is C12H10FNO3S. The quantitative estimate of drug-likeness (QED) is 0.615. The second-order valence-corrected chi connectivity index (χ2v) is 4.71. The van der Waals surface area contributed by atoms with Crippen LogP contribution >= 0.6 is 11.3 Å². The van der Waals surface area contributed by atoms with Crippen LogP contribution in [0.2, 0.25) is 0 Å². The Morgan fingerprint density at radius 1 is 1.22 bits per heavy atom. The Balaban J connectivity index is 1.97. The third-order valence-corrected chi connectivity index (χ3v) is 3.23. The van der Waals surface area contributed by atoms with Gasteiger partial charge in [-0.1, -0.05) is 0 Å². The van der Waals surface area contributed by atoms with Crippen LogP contribution in [0.1, 0.15) is 4.88 Å². The van der Waals surface area contributed by atoms with E-state index in [0.717, 1.165) is 4.88 Å². The van der Waals surface area contributed by atoms with Crippen molar-refractivity contribution >= 4 is 11.3 Å². The van der Waals surface area contributed by atoms with Gasteiger partial charge < -0.3 is 4.74 Å². The minimum atomic E-state index is -0.347. The van der Waals surface area contributed by atoms with Gasteiger partial charge >= 0.3 is 0 Å². The Bertz CT molecular complexity index is 539. The largest absolute Gasteiger partial charge is 0.447 e. The Labute approximate surface area is 107 Å². The summed E-state index contributed by atoms with van der Waals surface area (Å²) in [5.74, 6) is 0.222. The molecule has 0 aliphatic rings. The Morgan fingerprint density at radius 2 is 1.94 bits per heavy atom. The van der Waals surface area contributed by atoms with Crippen molar-refractivity contribution in [3.05, 3.63) is 57.2 Å². The second kappa shape index (κ2) is 5.59. The molecule has 0 atom stereocenters. The molecule has 0 fully saturated rings. The highest BCUT2D eigenvalue weighted by Gasteiger charge is 2.05. The van der Waals surface area contributed by atoms with Crippen LogP contribution in [-0.2, 0) is 6.42 Å². The number of hydrogen-bond acceptors (Lipinski definition) is 4. The second-order valence-electron chi connectivity index (χ2n) is 3.58. The highest BCUT2D eigenvalue weighted by Crippen LogP contribution is 2.29. The van der Waals surface area contributed by atoms with Crippen molar-refractivity contribution in [1.29, 1.82) is 0 Å². The molecule has 94 valence electrons. The van der Waals surface area contributed by atoms with E-state index in [9.17, 15) is 14.5 Å². The molecule has 1 aromatic carbocycles. The Morgan fingerprint density at radius 3 is 2.61 bits per heavy atom. The summed E-state index contributed by atoms with van der Waals surface area (Å²) in [7, 11) is 0. The van der Waals surface area contributed by atoms with Crippen LogP contribution in [0.5, 0.6) is 10.8 Å². The van der Waals surface area contributed by atoms with Gasteiger partial charge in [-0.2, -0.15) is 0 Å². The lowest BCUT2D eigenvalue weighted by Crippen LogP contribution is -2.02. The molecule has 4 nitrogen and oxygen atoms in total. The van der Waals surface area contributed by atoms with Gasteiger partial charge in [0.15, 0.2) is 5.06 Å². The summed E-state index contributed by atoms with van der Waals surface area (Å²) in [5.41, 5.74) is 0. The van der Waals surface area contributed by atoms with Gasteiger partial charge in [0, 0.05) is 16.2 Å². The number of hydrogen-bond donors (Lipinski definition) is 0. The third-order valence-electron chi connectivity index (χ3n) is 2.21. The third kappa shape index (κ3) is 3.53. The van der Waals surface area contributed by atoms with Crippen molar-refractivity contribution in [3.63, 3.8) is 0 Å². The van der Waals surface area contributed by atoms with Crippen molar-refractivity contribution < 1.29 is 14.1 Å². The lowest BCUT2D eigenvalue weighted by molar-refractivity contribution is -0.479. The van der Waals surface area contributed by atoms with E-state index in [2.05, 4.69) is 0 Å². The predicted molar refractivity (Wildman–Crippen MR) is 66.4 cm³/mol. The topological polar surface area (TPSA) is 52.4 Å². The highest BCUT2D eigenvalue weighted by atomic mass is 32.1. The van der Waals surface area contributed by atoms with Gasteiger partial charge in [0.05, 0.1) is 0 Å². The Kier molecular flexibility index (Phi) is 3.88. The standard InChI is InChI=1S/C12H10FNO3S/c13-9-1-3-10(4-2-9)17-12-6-5-11(18-12)7-8-14(15)16/h1-6H,7-8H2. The van der Waals surface area contributed by atoms with E-state index in [1.165, 1.54) is 35.6 Å². The molecule has 0 N–H and O–H groups in total. The molecule has 18 heavy (non-hydrogen) atoms. The molecule has 0 saturated heterocycles. The van der Waals surface area contributed by atoms with Gasteiger partial charge in [-0.05, 0) is 36.4 Å². The molecule has 0 spiro atoms. The number of benzene rings is 1. The molecular weight excluding hydrogens is 257 g/mol. The number of nitro groups is 1. The van der Waals surface area contributed by atoms with Crippen molar-refractivity contribution in [1.82, 2.24) is 0 Å². The summed E-state index contributed by atoms with van der Waals surface area (Å²) < 4.78 is 18.2. The maximum atomic E-state index is 12.7. The van der Waals surface area contributed by atoms with Crippen LogP contribution in [0.4, 0.5) is 4.39 Å². The summed E-state index contributed by atoms with van der Waals surface area (Å²) in [6.07, 6.45) is 0.393. The molecule has 2 rings (SSSR count). The van der Waals surface area contributed by atoms with Crippen LogP contribution in [0.25, 0.3) is 0 Å². The number of halogens is 1. The molecule has 0 aliphatic carbocycles. The van der Waals surface area contributed by atoms with Crippen molar-refractivity contribution in [3.8, 4) is 10.8 Å². The van der Waals surface area contributed by atoms with Crippen LogP contribution < -0.4 is 4.74 Å². The normalized spacial score (nSPS) is 10.3. The number of thiophene rings is 1. The van der Waals surface area contributed by atoms with E-state index < -0.39 is 0 Å². The van der Waals surface area contributed by atoms with Crippen LogP contribution in [0.15, 0.2) is 36.4 Å². The van der Waals surface area contributed by atoms with E-state index in [4.69, 9.17) is 4.74 Å². The fourth-order valence-corrected chi connectivity index (χ4v) is 2.23. The first-order chi connectivity index (χ1) is 8.63. The monoisotopic (exact) mass is 267 g/mol.